The summed E-state index contributed by atoms with van der Waals surface area (Å²) >= 11 is 1.55. The topological polar surface area (TPSA) is 99.2 Å². The zero-order valence-corrected chi connectivity index (χ0v) is 11.5. The molecule has 0 aliphatic rings. The zero-order chi connectivity index (χ0) is 13.5. The molecule has 0 aromatic carbocycles. The maximum Gasteiger partial charge on any atom is 0.324 e. The summed E-state index contributed by atoms with van der Waals surface area (Å²) in [6.45, 7) is 6.96. The Kier molecular flexibility index (Phi) is 7.41. The van der Waals surface area contributed by atoms with Gasteiger partial charge in [-0.15, -0.1) is 0 Å². The van der Waals surface area contributed by atoms with E-state index in [-0.39, 0.29) is 11.2 Å². The summed E-state index contributed by atoms with van der Waals surface area (Å²) in [5.41, 5.74) is 4.74. The van der Waals surface area contributed by atoms with Crippen molar-refractivity contribution in [2.24, 2.45) is 11.7 Å². The highest BCUT2D eigenvalue weighted by atomic mass is 32.2. The normalized spacial score (nSPS) is 16.5. The summed E-state index contributed by atoms with van der Waals surface area (Å²) in [6.07, 6.45) is 1.30. The lowest BCUT2D eigenvalue weighted by Crippen LogP contribution is -2.55. The maximum atomic E-state index is 11.2. The highest BCUT2D eigenvalue weighted by Gasteiger charge is 2.37. The van der Waals surface area contributed by atoms with Gasteiger partial charge in [-0.25, -0.2) is 0 Å². The molecule has 0 spiro atoms. The molecular weight excluding hydrogens is 238 g/mol. The molecule has 0 aliphatic carbocycles. The highest BCUT2D eigenvalue weighted by molar-refractivity contribution is 8.00. The first-order valence-corrected chi connectivity index (χ1v) is 6.73. The number of rotatable bonds is 9. The Morgan fingerprint density at radius 3 is 2.59 bits per heavy atom. The summed E-state index contributed by atoms with van der Waals surface area (Å²) in [5, 5.41) is 19.4. The first-order valence-electron chi connectivity index (χ1n) is 5.68. The molecule has 0 aromatic rings. The van der Waals surface area contributed by atoms with Crippen LogP contribution in [0, 0.1) is 11.3 Å². The van der Waals surface area contributed by atoms with E-state index >= 15 is 0 Å². The average Bonchev–Trinajstić information content (AvgIpc) is 2.25. The number of carboxylic acids is 1. The summed E-state index contributed by atoms with van der Waals surface area (Å²) in [4.78, 5) is 11.2. The van der Waals surface area contributed by atoms with E-state index in [9.17, 15) is 4.79 Å². The van der Waals surface area contributed by atoms with Crippen LogP contribution in [-0.4, -0.2) is 46.9 Å². The van der Waals surface area contributed by atoms with Crippen LogP contribution in [0.5, 0.6) is 0 Å². The van der Waals surface area contributed by atoms with Crippen LogP contribution in [0.2, 0.25) is 0 Å². The number of hydrogen-bond donors (Lipinski definition) is 4. The van der Waals surface area contributed by atoms with Crippen LogP contribution in [0.15, 0.2) is 0 Å². The molecule has 2 atom stereocenters. The molecular formula is C11H23N3O2S. The van der Waals surface area contributed by atoms with Crippen LogP contribution < -0.4 is 11.1 Å². The van der Waals surface area contributed by atoms with Gasteiger partial charge < -0.3 is 21.6 Å². The monoisotopic (exact) mass is 261 g/mol. The second kappa shape index (κ2) is 7.68. The van der Waals surface area contributed by atoms with Crippen LogP contribution in [0.3, 0.4) is 0 Å². The molecule has 0 rings (SSSR count). The van der Waals surface area contributed by atoms with E-state index in [0.717, 1.165) is 6.54 Å². The van der Waals surface area contributed by atoms with E-state index in [0.29, 0.717) is 12.3 Å². The first-order chi connectivity index (χ1) is 7.84. The number of hydrogen-bond acceptors (Lipinski definition) is 5. The second-order valence-electron chi connectivity index (χ2n) is 4.48. The summed E-state index contributed by atoms with van der Waals surface area (Å²) in [6, 6.07) is 0. The van der Waals surface area contributed by atoms with E-state index < -0.39 is 11.5 Å². The van der Waals surface area contributed by atoms with Crippen LogP contribution in [0.25, 0.3) is 0 Å². The standard InChI is InChI=1S/C11H23N3O2S/c1-8(2)11(13,10(15)16)7-17-9(3)6-14-5-4-12/h4,8-9,12,14H,5-7,13H2,1-3H3,(H,15,16)/t9?,11-/m1/s1. The molecule has 6 heteroatoms. The fourth-order valence-corrected chi connectivity index (χ4v) is 2.43. The molecule has 0 aromatic heterocycles. The van der Waals surface area contributed by atoms with Gasteiger partial charge in [0.05, 0.1) is 0 Å². The zero-order valence-electron chi connectivity index (χ0n) is 10.7. The van der Waals surface area contributed by atoms with Gasteiger partial charge in [0.15, 0.2) is 0 Å². The van der Waals surface area contributed by atoms with Crippen LogP contribution in [0.4, 0.5) is 0 Å². The lowest BCUT2D eigenvalue weighted by molar-refractivity contribution is -0.144. The molecule has 100 valence electrons. The fraction of sp³-hybridized carbons (Fsp3) is 0.818. The molecule has 0 aliphatic heterocycles. The molecule has 0 amide bonds. The van der Waals surface area contributed by atoms with E-state index in [1.54, 1.807) is 11.8 Å². The number of carboxylic acid groups (broad SMARTS) is 1. The van der Waals surface area contributed by atoms with Gasteiger partial charge in [-0.3, -0.25) is 4.79 Å². The lowest BCUT2D eigenvalue weighted by Gasteiger charge is -2.29. The van der Waals surface area contributed by atoms with Crippen molar-refractivity contribution in [3.63, 3.8) is 0 Å². The smallest absolute Gasteiger partial charge is 0.324 e. The Bertz CT molecular complexity index is 261. The summed E-state index contributed by atoms with van der Waals surface area (Å²) in [7, 11) is 0. The van der Waals surface area contributed by atoms with Crippen molar-refractivity contribution in [3.8, 4) is 0 Å². The lowest BCUT2D eigenvalue weighted by atomic mass is 9.90. The number of nitrogens with one attached hydrogen (secondary N) is 2. The van der Waals surface area contributed by atoms with Crippen LogP contribution in [0.1, 0.15) is 20.8 Å². The van der Waals surface area contributed by atoms with Crippen molar-refractivity contribution >= 4 is 23.9 Å². The van der Waals surface area contributed by atoms with Gasteiger partial charge in [-0.05, 0) is 5.92 Å². The van der Waals surface area contributed by atoms with Crippen molar-refractivity contribution in [1.29, 1.82) is 5.41 Å². The minimum Gasteiger partial charge on any atom is -0.480 e. The number of thioether (sulfide) groups is 1. The molecule has 0 saturated heterocycles. The molecule has 1 unspecified atom stereocenters. The van der Waals surface area contributed by atoms with Crippen molar-refractivity contribution in [1.82, 2.24) is 5.32 Å². The minimum absolute atomic E-state index is 0.103. The molecule has 17 heavy (non-hydrogen) atoms. The SMILES string of the molecule is CC(CNCC=N)SC[C@](N)(C(=O)O)C(C)C. The summed E-state index contributed by atoms with van der Waals surface area (Å²) in [5.74, 6) is -0.651. The second-order valence-corrected chi connectivity index (χ2v) is 5.91. The van der Waals surface area contributed by atoms with Crippen molar-refractivity contribution in [2.75, 3.05) is 18.8 Å². The molecule has 0 radical (unpaired) electrons. The Morgan fingerprint density at radius 1 is 1.59 bits per heavy atom. The van der Waals surface area contributed by atoms with Gasteiger partial charge in [0, 0.05) is 30.3 Å². The highest BCUT2D eigenvalue weighted by Crippen LogP contribution is 2.22. The predicted molar refractivity (Wildman–Crippen MR) is 73.0 cm³/mol. The van der Waals surface area contributed by atoms with Gasteiger partial charge in [-0.2, -0.15) is 11.8 Å². The van der Waals surface area contributed by atoms with Crippen molar-refractivity contribution in [2.45, 2.75) is 31.6 Å². The van der Waals surface area contributed by atoms with Crippen LogP contribution >= 0.6 is 11.8 Å². The number of nitrogens with two attached hydrogens (primary N) is 1. The molecule has 0 bridgehead atoms. The van der Waals surface area contributed by atoms with Gasteiger partial charge in [-0.1, -0.05) is 20.8 Å². The van der Waals surface area contributed by atoms with Crippen molar-refractivity contribution < 1.29 is 9.90 Å². The number of carbonyl (C=O) groups is 1. The predicted octanol–water partition coefficient (Wildman–Crippen LogP) is 0.785. The molecule has 0 saturated carbocycles. The van der Waals surface area contributed by atoms with Gasteiger partial charge >= 0.3 is 5.97 Å². The van der Waals surface area contributed by atoms with Crippen molar-refractivity contribution in [3.05, 3.63) is 0 Å². The quantitative estimate of drug-likeness (QED) is 0.363. The maximum absolute atomic E-state index is 11.2. The summed E-state index contributed by atoms with van der Waals surface area (Å²) < 4.78 is 0. The van der Waals surface area contributed by atoms with Crippen LogP contribution in [-0.2, 0) is 4.79 Å². The van der Waals surface area contributed by atoms with E-state index in [1.165, 1.54) is 6.21 Å². The number of aliphatic carboxylic acids is 1. The third-order valence-corrected chi connectivity index (χ3v) is 4.09. The van der Waals surface area contributed by atoms with Gasteiger partial charge in [0.2, 0.25) is 0 Å². The Balaban J connectivity index is 4.14. The Morgan fingerprint density at radius 2 is 2.18 bits per heavy atom. The van der Waals surface area contributed by atoms with E-state index in [4.69, 9.17) is 16.2 Å². The molecule has 0 heterocycles. The molecule has 5 N–H and O–H groups in total. The first kappa shape index (κ1) is 16.4. The molecule has 5 nitrogen and oxygen atoms in total. The third-order valence-electron chi connectivity index (χ3n) is 2.71. The molecule has 0 fully saturated rings. The van der Waals surface area contributed by atoms with Gasteiger partial charge in [0.25, 0.3) is 0 Å². The Hall–Kier alpha value is -0.590. The Labute approximate surface area is 107 Å². The third kappa shape index (κ3) is 5.52. The fourth-order valence-electron chi connectivity index (χ4n) is 1.17. The minimum atomic E-state index is -1.17. The largest absolute Gasteiger partial charge is 0.480 e. The van der Waals surface area contributed by atoms with Gasteiger partial charge in [0.1, 0.15) is 5.54 Å². The van der Waals surface area contributed by atoms with E-state index in [1.807, 2.05) is 20.8 Å². The average molecular weight is 261 g/mol. The van der Waals surface area contributed by atoms with E-state index in [2.05, 4.69) is 5.32 Å².